The number of anilines is 1. The number of carbonyl (C=O) groups is 1. The molecule has 34 heavy (non-hydrogen) atoms. The van der Waals surface area contributed by atoms with E-state index in [2.05, 4.69) is 15.4 Å². The van der Waals surface area contributed by atoms with E-state index in [9.17, 15) is 22.8 Å². The number of amides is 1. The maximum atomic E-state index is 13.2. The molecular formula is C22H15ClF3N5O2S. The van der Waals surface area contributed by atoms with E-state index in [-0.39, 0.29) is 22.7 Å². The number of fused-ring (bicyclic) bond motifs is 2. The monoisotopic (exact) mass is 505 g/mol. The van der Waals surface area contributed by atoms with E-state index in [4.69, 9.17) is 11.6 Å². The molecule has 2 aromatic heterocycles. The largest absolute Gasteiger partial charge is 0.416 e. The molecule has 1 atom stereocenters. The van der Waals surface area contributed by atoms with E-state index in [1.165, 1.54) is 22.5 Å². The summed E-state index contributed by atoms with van der Waals surface area (Å²) in [6, 6.07) is 11.4. The van der Waals surface area contributed by atoms with Crippen LogP contribution in [-0.2, 0) is 11.0 Å². The fourth-order valence-electron chi connectivity index (χ4n) is 3.75. The van der Waals surface area contributed by atoms with E-state index >= 15 is 0 Å². The van der Waals surface area contributed by atoms with Crippen LogP contribution >= 0.6 is 23.4 Å². The molecule has 1 amide bonds. The molecule has 1 aliphatic heterocycles. The Morgan fingerprint density at radius 1 is 1.21 bits per heavy atom. The predicted octanol–water partition coefficient (Wildman–Crippen LogP) is 4.93. The highest BCUT2D eigenvalue weighted by Gasteiger charge is 2.32. The first-order chi connectivity index (χ1) is 16.2. The van der Waals surface area contributed by atoms with Gasteiger partial charge in [0.15, 0.2) is 10.8 Å². The molecule has 2 aromatic carbocycles. The zero-order valence-electron chi connectivity index (χ0n) is 17.2. The first kappa shape index (κ1) is 22.5. The van der Waals surface area contributed by atoms with Crippen LogP contribution in [-0.4, -0.2) is 31.0 Å². The van der Waals surface area contributed by atoms with Crippen molar-refractivity contribution in [3.05, 3.63) is 75.7 Å². The van der Waals surface area contributed by atoms with Crippen molar-refractivity contribution in [2.24, 2.45) is 0 Å². The van der Waals surface area contributed by atoms with Gasteiger partial charge < -0.3 is 5.32 Å². The van der Waals surface area contributed by atoms with Crippen molar-refractivity contribution in [3.63, 3.8) is 0 Å². The number of rotatable bonds is 4. The van der Waals surface area contributed by atoms with Gasteiger partial charge in [0.25, 0.3) is 5.56 Å². The molecule has 0 fully saturated rings. The molecule has 0 saturated heterocycles. The Bertz CT molecular complexity index is 1470. The zero-order chi connectivity index (χ0) is 24.0. The van der Waals surface area contributed by atoms with Crippen LogP contribution < -0.4 is 10.9 Å². The second-order valence-electron chi connectivity index (χ2n) is 7.61. The molecule has 174 valence electrons. The van der Waals surface area contributed by atoms with Crippen molar-refractivity contribution in [3.8, 4) is 5.69 Å². The number of aromatic nitrogens is 4. The quantitative estimate of drug-likeness (QED) is 0.398. The number of thioether (sulfide) groups is 1. The number of halogens is 4. The summed E-state index contributed by atoms with van der Waals surface area (Å²) >= 11 is 7.30. The van der Waals surface area contributed by atoms with E-state index in [1.807, 2.05) is 30.3 Å². The Balaban J connectivity index is 1.41. The van der Waals surface area contributed by atoms with Gasteiger partial charge in [0, 0.05) is 12.2 Å². The van der Waals surface area contributed by atoms with Gasteiger partial charge in [0.2, 0.25) is 5.91 Å². The van der Waals surface area contributed by atoms with E-state index in [0.29, 0.717) is 21.9 Å². The highest BCUT2D eigenvalue weighted by Crippen LogP contribution is 2.36. The number of para-hydroxylation sites is 1. The van der Waals surface area contributed by atoms with Crippen LogP contribution in [0, 0.1) is 0 Å². The van der Waals surface area contributed by atoms with Gasteiger partial charge in [0.05, 0.1) is 34.2 Å². The van der Waals surface area contributed by atoms with Crippen LogP contribution in [0.4, 0.5) is 18.9 Å². The van der Waals surface area contributed by atoms with Gasteiger partial charge >= 0.3 is 6.18 Å². The minimum absolute atomic E-state index is 0.0172. The summed E-state index contributed by atoms with van der Waals surface area (Å²) in [7, 11) is 0. The number of hydrogen-bond donors (Lipinski definition) is 1. The lowest BCUT2D eigenvalue weighted by atomic mass is 10.1. The molecule has 0 saturated carbocycles. The van der Waals surface area contributed by atoms with E-state index in [0.717, 1.165) is 23.9 Å². The van der Waals surface area contributed by atoms with Gasteiger partial charge in [-0.2, -0.15) is 18.3 Å². The van der Waals surface area contributed by atoms with Gasteiger partial charge in [-0.3, -0.25) is 14.2 Å². The lowest BCUT2D eigenvalue weighted by Gasteiger charge is -2.15. The third-order valence-electron chi connectivity index (χ3n) is 5.36. The van der Waals surface area contributed by atoms with Crippen LogP contribution in [0.3, 0.4) is 0 Å². The summed E-state index contributed by atoms with van der Waals surface area (Å²) in [5.41, 5.74) is -0.228. The maximum Gasteiger partial charge on any atom is 0.416 e. The molecule has 1 aliphatic rings. The lowest BCUT2D eigenvalue weighted by Crippen LogP contribution is -2.27. The summed E-state index contributed by atoms with van der Waals surface area (Å²) in [5.74, 6) is -0.149. The molecule has 4 aromatic rings. The van der Waals surface area contributed by atoms with Crippen molar-refractivity contribution in [2.75, 3.05) is 11.1 Å². The highest BCUT2D eigenvalue weighted by molar-refractivity contribution is 7.99. The third kappa shape index (κ3) is 4.05. The smallest absolute Gasteiger partial charge is 0.325 e. The van der Waals surface area contributed by atoms with Crippen molar-refractivity contribution < 1.29 is 18.0 Å². The van der Waals surface area contributed by atoms with Crippen LogP contribution in [0.2, 0.25) is 5.02 Å². The standard InChI is InChI=1S/C22H15ClF3N5O2S/c23-16-7-6-12(22(24,25)26)8-17(16)28-18(32)9-14-11-34-21-29-19-15(20(33)30(14)21)10-27-31(19)13-4-2-1-3-5-13/h1-8,10,14H,9,11H2,(H,28,32). The molecule has 1 unspecified atom stereocenters. The van der Waals surface area contributed by atoms with E-state index in [1.54, 1.807) is 4.68 Å². The molecule has 0 radical (unpaired) electrons. The SMILES string of the molecule is O=C(CC1CSc2nc3c(cnn3-c3ccccc3)c(=O)n21)Nc1cc(C(F)(F)F)ccc1Cl. The number of benzene rings is 2. The molecule has 12 heteroatoms. The van der Waals surface area contributed by atoms with Crippen LogP contribution in [0.15, 0.2) is 64.7 Å². The van der Waals surface area contributed by atoms with E-state index < -0.39 is 23.7 Å². The van der Waals surface area contributed by atoms with Gasteiger partial charge in [-0.05, 0) is 30.3 Å². The minimum atomic E-state index is -4.57. The first-order valence-corrected chi connectivity index (χ1v) is 11.4. The second kappa shape index (κ2) is 8.48. The molecule has 0 bridgehead atoms. The van der Waals surface area contributed by atoms with Crippen LogP contribution in [0.5, 0.6) is 0 Å². The van der Waals surface area contributed by atoms with Crippen molar-refractivity contribution in [1.82, 2.24) is 19.3 Å². The van der Waals surface area contributed by atoms with Gasteiger partial charge in [-0.15, -0.1) is 0 Å². The predicted molar refractivity (Wildman–Crippen MR) is 123 cm³/mol. The third-order valence-corrected chi connectivity index (χ3v) is 6.79. The number of nitrogens with one attached hydrogen (secondary N) is 1. The van der Waals surface area contributed by atoms with Crippen molar-refractivity contribution >= 4 is 46.0 Å². The molecule has 1 N–H and O–H groups in total. The normalized spacial score (nSPS) is 15.5. The van der Waals surface area contributed by atoms with Crippen molar-refractivity contribution in [1.29, 1.82) is 0 Å². The highest BCUT2D eigenvalue weighted by atomic mass is 35.5. The van der Waals surface area contributed by atoms with Crippen LogP contribution in [0.1, 0.15) is 18.0 Å². The van der Waals surface area contributed by atoms with Crippen LogP contribution in [0.25, 0.3) is 16.7 Å². The van der Waals surface area contributed by atoms with Crippen molar-refractivity contribution in [2.45, 2.75) is 23.8 Å². The molecule has 0 aliphatic carbocycles. The fourth-order valence-corrected chi connectivity index (χ4v) is 5.05. The Labute approximate surface area is 199 Å². The average molecular weight is 506 g/mol. The average Bonchev–Trinajstić information content (AvgIpc) is 3.40. The summed E-state index contributed by atoms with van der Waals surface area (Å²) in [6.07, 6.45) is -3.26. The number of hydrogen-bond acceptors (Lipinski definition) is 5. The Hall–Kier alpha value is -3.31. The molecular weight excluding hydrogens is 491 g/mol. The second-order valence-corrected chi connectivity index (χ2v) is 9.00. The molecule has 7 nitrogen and oxygen atoms in total. The Kier molecular flexibility index (Phi) is 5.61. The number of alkyl halides is 3. The van der Waals surface area contributed by atoms with Gasteiger partial charge in [0.1, 0.15) is 5.39 Å². The number of carbonyl (C=O) groups excluding carboxylic acids is 1. The summed E-state index contributed by atoms with van der Waals surface area (Å²) in [5, 5.41) is 7.46. The van der Waals surface area contributed by atoms with Gasteiger partial charge in [-0.25, -0.2) is 9.67 Å². The topological polar surface area (TPSA) is 81.8 Å². The van der Waals surface area contributed by atoms with Gasteiger partial charge in [-0.1, -0.05) is 41.6 Å². The summed E-state index contributed by atoms with van der Waals surface area (Å²) < 4.78 is 42.0. The minimum Gasteiger partial charge on any atom is -0.325 e. The summed E-state index contributed by atoms with van der Waals surface area (Å²) in [4.78, 5) is 30.4. The number of nitrogens with zero attached hydrogens (tertiary/aromatic N) is 4. The Morgan fingerprint density at radius 2 is 1.97 bits per heavy atom. The Morgan fingerprint density at radius 3 is 2.71 bits per heavy atom. The summed E-state index contributed by atoms with van der Waals surface area (Å²) in [6.45, 7) is 0. The maximum absolute atomic E-state index is 13.2. The lowest BCUT2D eigenvalue weighted by molar-refractivity contribution is -0.137. The molecule has 5 rings (SSSR count). The zero-order valence-corrected chi connectivity index (χ0v) is 18.8. The molecule has 3 heterocycles. The fraction of sp³-hybridized carbons (Fsp3) is 0.182. The first-order valence-electron chi connectivity index (χ1n) is 10.1. The molecule has 0 spiro atoms.